The molecule has 1 saturated heterocycles. The molecule has 7 nitrogen and oxygen atoms in total. The number of nitrogens with zero attached hydrogens (tertiary/aromatic N) is 1. The SMILES string of the molecule is Cc1c(C(=O)N2CC(C(=O)O)O[C@H](C)C2)oc2c1C(=O)CCC2. The first-order valence-electron chi connectivity index (χ1n) is 7.71. The number of carbonyl (C=O) groups excluding carboxylic acids is 2. The predicted octanol–water partition coefficient (Wildman–Crippen LogP) is 1.42. The van der Waals surface area contributed by atoms with Crippen molar-refractivity contribution in [1.29, 1.82) is 0 Å². The average molecular weight is 321 g/mol. The van der Waals surface area contributed by atoms with E-state index >= 15 is 0 Å². The summed E-state index contributed by atoms with van der Waals surface area (Å²) in [6, 6.07) is 0. The highest BCUT2D eigenvalue weighted by Gasteiger charge is 2.36. The molecule has 7 heteroatoms. The maximum absolute atomic E-state index is 12.7. The fourth-order valence-corrected chi connectivity index (χ4v) is 3.25. The maximum Gasteiger partial charge on any atom is 0.334 e. The standard InChI is InChI=1S/C16H19NO6/c1-8-6-17(7-12(22-8)16(20)21)15(19)14-9(2)13-10(18)4-3-5-11(13)23-14/h8,12H,3-7H2,1-2H3,(H,20,21)/t8-,12?/m1/s1. The fraction of sp³-hybridized carbons (Fsp3) is 0.562. The molecule has 23 heavy (non-hydrogen) atoms. The van der Waals surface area contributed by atoms with Gasteiger partial charge in [-0.1, -0.05) is 0 Å². The molecule has 1 amide bonds. The fourth-order valence-electron chi connectivity index (χ4n) is 3.25. The Morgan fingerprint density at radius 2 is 2.00 bits per heavy atom. The van der Waals surface area contributed by atoms with E-state index in [0.717, 1.165) is 6.42 Å². The van der Waals surface area contributed by atoms with Crippen LogP contribution in [-0.4, -0.2) is 53.0 Å². The summed E-state index contributed by atoms with van der Waals surface area (Å²) in [5.41, 5.74) is 1.08. The summed E-state index contributed by atoms with van der Waals surface area (Å²) in [6.45, 7) is 3.69. The van der Waals surface area contributed by atoms with Crippen LogP contribution in [0.15, 0.2) is 4.42 Å². The molecular formula is C16H19NO6. The lowest BCUT2D eigenvalue weighted by Crippen LogP contribution is -2.51. The number of Topliss-reactive ketones (excluding diaryl/α,β-unsaturated/α-hetero) is 1. The Labute approximate surface area is 133 Å². The monoisotopic (exact) mass is 321 g/mol. The minimum Gasteiger partial charge on any atom is -0.479 e. The molecule has 2 atom stereocenters. The van der Waals surface area contributed by atoms with Crippen molar-refractivity contribution in [2.45, 2.75) is 45.3 Å². The summed E-state index contributed by atoms with van der Waals surface area (Å²) < 4.78 is 11.0. The van der Waals surface area contributed by atoms with Crippen LogP contribution in [-0.2, 0) is 16.0 Å². The van der Waals surface area contributed by atoms with Gasteiger partial charge in [0.25, 0.3) is 5.91 Å². The van der Waals surface area contributed by atoms with E-state index in [-0.39, 0.29) is 30.1 Å². The number of furan rings is 1. The third kappa shape index (κ3) is 2.76. The lowest BCUT2D eigenvalue weighted by Gasteiger charge is -2.34. The first-order chi connectivity index (χ1) is 10.9. The number of carboxylic acids is 1. The molecule has 0 radical (unpaired) electrons. The molecule has 0 saturated carbocycles. The molecule has 3 rings (SSSR count). The number of ether oxygens (including phenoxy) is 1. The zero-order valence-corrected chi connectivity index (χ0v) is 13.1. The highest BCUT2D eigenvalue weighted by Crippen LogP contribution is 2.30. The van der Waals surface area contributed by atoms with Crippen molar-refractivity contribution >= 4 is 17.7 Å². The molecule has 0 bridgehead atoms. The second kappa shape index (κ2) is 5.81. The maximum atomic E-state index is 12.7. The van der Waals surface area contributed by atoms with Gasteiger partial charge in [0.2, 0.25) is 0 Å². The first kappa shape index (κ1) is 15.7. The molecule has 124 valence electrons. The summed E-state index contributed by atoms with van der Waals surface area (Å²) in [6.07, 6.45) is 0.417. The van der Waals surface area contributed by atoms with Gasteiger partial charge in [-0.05, 0) is 20.3 Å². The van der Waals surface area contributed by atoms with Gasteiger partial charge in [0.15, 0.2) is 17.6 Å². The third-order valence-corrected chi connectivity index (χ3v) is 4.32. The summed E-state index contributed by atoms with van der Waals surface area (Å²) in [7, 11) is 0. The number of carboxylic acid groups (broad SMARTS) is 1. The number of carbonyl (C=O) groups is 3. The molecule has 1 aliphatic carbocycles. The Morgan fingerprint density at radius 3 is 2.65 bits per heavy atom. The van der Waals surface area contributed by atoms with Gasteiger partial charge in [-0.2, -0.15) is 0 Å². The quantitative estimate of drug-likeness (QED) is 0.885. The van der Waals surface area contributed by atoms with Crippen LogP contribution in [0.5, 0.6) is 0 Å². The predicted molar refractivity (Wildman–Crippen MR) is 78.6 cm³/mol. The Hall–Kier alpha value is -2.15. The van der Waals surface area contributed by atoms with E-state index < -0.39 is 12.1 Å². The Kier molecular flexibility index (Phi) is 3.97. The summed E-state index contributed by atoms with van der Waals surface area (Å²) in [5.74, 6) is -0.766. The van der Waals surface area contributed by atoms with Crippen LogP contribution in [0.4, 0.5) is 0 Å². The van der Waals surface area contributed by atoms with Crippen LogP contribution < -0.4 is 0 Å². The minimum absolute atomic E-state index is 0.00491. The number of rotatable bonds is 2. The number of hydrogen-bond acceptors (Lipinski definition) is 5. The Morgan fingerprint density at radius 1 is 1.26 bits per heavy atom. The van der Waals surface area contributed by atoms with Gasteiger partial charge in [0.05, 0.1) is 18.2 Å². The van der Waals surface area contributed by atoms with Crippen molar-refractivity contribution in [1.82, 2.24) is 4.90 Å². The first-order valence-corrected chi connectivity index (χ1v) is 7.71. The van der Waals surface area contributed by atoms with Crippen molar-refractivity contribution in [3.8, 4) is 0 Å². The molecule has 1 N–H and O–H groups in total. The molecule has 2 aliphatic rings. The van der Waals surface area contributed by atoms with Crippen molar-refractivity contribution < 1.29 is 28.6 Å². The largest absolute Gasteiger partial charge is 0.479 e. The van der Waals surface area contributed by atoms with Crippen molar-refractivity contribution in [2.75, 3.05) is 13.1 Å². The van der Waals surface area contributed by atoms with Gasteiger partial charge < -0.3 is 19.2 Å². The molecule has 1 aromatic heterocycles. The van der Waals surface area contributed by atoms with E-state index in [1.165, 1.54) is 4.90 Å². The minimum atomic E-state index is -1.10. The number of fused-ring (bicyclic) bond motifs is 1. The number of aliphatic carboxylic acids is 1. The number of morpholine rings is 1. The molecule has 1 unspecified atom stereocenters. The lowest BCUT2D eigenvalue weighted by molar-refractivity contribution is -0.160. The smallest absolute Gasteiger partial charge is 0.334 e. The van der Waals surface area contributed by atoms with Gasteiger partial charge in [-0.15, -0.1) is 0 Å². The van der Waals surface area contributed by atoms with Crippen molar-refractivity contribution in [3.63, 3.8) is 0 Å². The van der Waals surface area contributed by atoms with E-state index in [2.05, 4.69) is 0 Å². The molecular weight excluding hydrogens is 302 g/mol. The molecule has 2 heterocycles. The molecule has 1 fully saturated rings. The zero-order chi connectivity index (χ0) is 16.7. The number of hydrogen-bond donors (Lipinski definition) is 1. The van der Waals surface area contributed by atoms with E-state index in [9.17, 15) is 14.4 Å². The van der Waals surface area contributed by atoms with Gasteiger partial charge in [0, 0.05) is 24.9 Å². The van der Waals surface area contributed by atoms with E-state index in [4.69, 9.17) is 14.3 Å². The van der Waals surface area contributed by atoms with E-state index in [1.54, 1.807) is 13.8 Å². The summed E-state index contributed by atoms with van der Waals surface area (Å²) in [5, 5.41) is 9.12. The lowest BCUT2D eigenvalue weighted by atomic mass is 9.94. The van der Waals surface area contributed by atoms with Crippen molar-refractivity contribution in [3.05, 3.63) is 22.6 Å². The molecule has 0 spiro atoms. The van der Waals surface area contributed by atoms with Crippen molar-refractivity contribution in [2.24, 2.45) is 0 Å². The topological polar surface area (TPSA) is 97.1 Å². The van der Waals surface area contributed by atoms with Crippen LogP contribution in [0, 0.1) is 6.92 Å². The van der Waals surface area contributed by atoms with Crippen LogP contribution in [0.2, 0.25) is 0 Å². The van der Waals surface area contributed by atoms with Gasteiger partial charge in [0.1, 0.15) is 5.76 Å². The Balaban J connectivity index is 1.88. The van der Waals surface area contributed by atoms with Gasteiger partial charge >= 0.3 is 5.97 Å². The van der Waals surface area contributed by atoms with Crippen LogP contribution in [0.3, 0.4) is 0 Å². The molecule has 1 aliphatic heterocycles. The average Bonchev–Trinajstić information content (AvgIpc) is 2.84. The van der Waals surface area contributed by atoms with Crippen LogP contribution >= 0.6 is 0 Å². The summed E-state index contributed by atoms with van der Waals surface area (Å²) in [4.78, 5) is 37.3. The second-order valence-electron chi connectivity index (χ2n) is 6.11. The number of aryl methyl sites for hydroxylation is 1. The normalized spacial score (nSPS) is 24.4. The van der Waals surface area contributed by atoms with Crippen LogP contribution in [0.25, 0.3) is 0 Å². The van der Waals surface area contributed by atoms with E-state index in [0.29, 0.717) is 36.3 Å². The highest BCUT2D eigenvalue weighted by molar-refractivity contribution is 6.03. The number of amides is 1. The molecule has 1 aromatic rings. The highest BCUT2D eigenvalue weighted by atomic mass is 16.5. The Bertz CT molecular complexity index is 676. The second-order valence-corrected chi connectivity index (χ2v) is 6.11. The number of ketones is 1. The third-order valence-electron chi connectivity index (χ3n) is 4.32. The summed E-state index contributed by atoms with van der Waals surface area (Å²) >= 11 is 0. The van der Waals surface area contributed by atoms with Gasteiger partial charge in [-0.25, -0.2) is 4.79 Å². The van der Waals surface area contributed by atoms with E-state index in [1.807, 2.05) is 0 Å². The zero-order valence-electron chi connectivity index (χ0n) is 13.1. The van der Waals surface area contributed by atoms with Gasteiger partial charge in [-0.3, -0.25) is 9.59 Å². The molecule has 0 aromatic carbocycles. The van der Waals surface area contributed by atoms with Crippen LogP contribution in [0.1, 0.15) is 52.0 Å².